The number of thiol groups is 1. The molecule has 190 valence electrons. The number of benzene rings is 3. The summed E-state index contributed by atoms with van der Waals surface area (Å²) < 4.78 is 31.4. The van der Waals surface area contributed by atoms with Crippen LogP contribution in [0.3, 0.4) is 0 Å². The Labute approximate surface area is 209 Å². The van der Waals surface area contributed by atoms with Crippen LogP contribution in [0.15, 0.2) is 70.4 Å². The molecular formula is C26H29N3O6S. The number of ether oxygens (including phenoxy) is 1. The van der Waals surface area contributed by atoms with Gasteiger partial charge < -0.3 is 10.2 Å². The van der Waals surface area contributed by atoms with Crippen molar-refractivity contribution in [3.05, 3.63) is 92.8 Å². The summed E-state index contributed by atoms with van der Waals surface area (Å²) in [6.07, 6.45) is 1.46. The average Bonchev–Trinajstić information content (AvgIpc) is 2.81. The number of hydrogen-bond acceptors (Lipinski definition) is 5. The van der Waals surface area contributed by atoms with Crippen molar-refractivity contribution in [2.45, 2.75) is 32.7 Å². The zero-order valence-corrected chi connectivity index (χ0v) is 21.3. The van der Waals surface area contributed by atoms with Crippen LogP contribution < -0.4 is 20.7 Å². The minimum absolute atomic E-state index is 0. The zero-order valence-electron chi connectivity index (χ0n) is 20.4. The number of aromatic amines is 1. The van der Waals surface area contributed by atoms with Crippen molar-refractivity contribution in [2.24, 2.45) is 0 Å². The molecule has 0 radical (unpaired) electrons. The molecule has 9 nitrogen and oxygen atoms in total. The molecule has 0 aliphatic heterocycles. The second-order valence-corrected chi connectivity index (χ2v) is 10.1. The second kappa shape index (κ2) is 10.5. The highest BCUT2D eigenvalue weighted by Gasteiger charge is 2.24. The number of fused-ring (bicyclic) bond motifs is 1. The summed E-state index contributed by atoms with van der Waals surface area (Å²) in [5.41, 5.74) is 2.82. The molecule has 0 unspecified atom stereocenters. The number of nitrogens with one attached hydrogen (secondary N) is 2. The minimum atomic E-state index is -2.66. The fourth-order valence-electron chi connectivity index (χ4n) is 4.09. The smallest absolute Gasteiger partial charge is 0.332 e. The summed E-state index contributed by atoms with van der Waals surface area (Å²) >= 11 is 0. The van der Waals surface area contributed by atoms with Crippen molar-refractivity contribution in [1.29, 1.82) is 0 Å². The lowest BCUT2D eigenvalue weighted by Gasteiger charge is -2.25. The third-order valence-corrected chi connectivity index (χ3v) is 6.23. The first kappa shape index (κ1) is 26.9. The monoisotopic (exact) mass is 511 g/mol. The highest BCUT2D eigenvalue weighted by molar-refractivity contribution is 7.70. The summed E-state index contributed by atoms with van der Waals surface area (Å²) in [4.78, 5) is 26.4. The highest BCUT2D eigenvalue weighted by Crippen LogP contribution is 2.41. The molecule has 4 rings (SSSR count). The maximum absolute atomic E-state index is 12.5. The van der Waals surface area contributed by atoms with Crippen LogP contribution in [0.4, 0.5) is 0 Å². The number of aromatic nitrogens is 2. The lowest BCUT2D eigenvalue weighted by molar-refractivity contribution is 0.399. The van der Waals surface area contributed by atoms with Crippen LogP contribution in [-0.4, -0.2) is 30.6 Å². The van der Waals surface area contributed by atoms with Crippen molar-refractivity contribution >= 4 is 21.7 Å². The topological polar surface area (TPSA) is 142 Å². The molecule has 0 aliphatic carbocycles. The van der Waals surface area contributed by atoms with Gasteiger partial charge in [-0.25, -0.2) is 17.9 Å². The van der Waals surface area contributed by atoms with Crippen LogP contribution >= 0.6 is 0 Å². The van der Waals surface area contributed by atoms with Gasteiger partial charge in [0, 0.05) is 29.9 Å². The Morgan fingerprint density at radius 1 is 0.972 bits per heavy atom. The van der Waals surface area contributed by atoms with Gasteiger partial charge in [0.25, 0.3) is 5.56 Å². The first-order valence-electron chi connectivity index (χ1n) is 11.0. The maximum Gasteiger partial charge on any atom is 0.332 e. The quantitative estimate of drug-likeness (QED) is 0.341. The van der Waals surface area contributed by atoms with Crippen LogP contribution in [-0.2, 0) is 22.8 Å². The summed E-state index contributed by atoms with van der Waals surface area (Å²) in [7, 11) is -1.03. The molecule has 0 atom stereocenters. The number of rotatable bonds is 6. The predicted molar refractivity (Wildman–Crippen MR) is 142 cm³/mol. The Morgan fingerprint density at radius 3 is 2.31 bits per heavy atom. The first-order chi connectivity index (χ1) is 16.6. The number of methoxy groups -OCH3 is 1. The van der Waals surface area contributed by atoms with E-state index in [4.69, 9.17) is 4.74 Å². The first-order valence-corrected chi connectivity index (χ1v) is 12.2. The molecule has 0 saturated carbocycles. The van der Waals surface area contributed by atoms with Gasteiger partial charge in [0.1, 0.15) is 5.75 Å². The Hall–Kier alpha value is -3.73. The van der Waals surface area contributed by atoms with Gasteiger partial charge in [-0.2, -0.15) is 0 Å². The van der Waals surface area contributed by atoms with E-state index in [1.54, 1.807) is 7.11 Å². The predicted octanol–water partition coefficient (Wildman–Crippen LogP) is 2.44. The summed E-state index contributed by atoms with van der Waals surface area (Å²) in [5, 5.41) is 1.95. The van der Waals surface area contributed by atoms with Crippen LogP contribution in [0.5, 0.6) is 5.75 Å². The van der Waals surface area contributed by atoms with Crippen molar-refractivity contribution < 1.29 is 18.6 Å². The lowest BCUT2D eigenvalue weighted by atomic mass is 9.83. The van der Waals surface area contributed by atoms with E-state index in [0.717, 1.165) is 33.0 Å². The summed E-state index contributed by atoms with van der Waals surface area (Å²) in [5.74, 6) is 0.707. The Kier molecular flexibility index (Phi) is 7.83. The molecule has 1 aromatic heterocycles. The van der Waals surface area contributed by atoms with Gasteiger partial charge in [-0.05, 0) is 51.6 Å². The molecule has 0 saturated heterocycles. The van der Waals surface area contributed by atoms with E-state index >= 15 is 0 Å². The van der Waals surface area contributed by atoms with Gasteiger partial charge in [0.05, 0.1) is 12.8 Å². The van der Waals surface area contributed by atoms with Crippen LogP contribution in [0.1, 0.15) is 31.9 Å². The molecule has 0 amide bonds. The SMILES string of the molecule is COc1c(-c2ccc3cc(CN[SH](=O)=O)ccc3c2)cc(-n2ccc(=O)[nH]c2=O)cc1C(C)(C)C.O. The van der Waals surface area contributed by atoms with E-state index in [9.17, 15) is 18.0 Å². The molecule has 3 aromatic carbocycles. The molecule has 4 aromatic rings. The minimum Gasteiger partial charge on any atom is -0.496 e. The summed E-state index contributed by atoms with van der Waals surface area (Å²) in [6, 6.07) is 16.8. The molecule has 4 N–H and O–H groups in total. The maximum atomic E-state index is 12.5. The largest absolute Gasteiger partial charge is 0.496 e. The molecule has 0 fully saturated rings. The van der Waals surface area contributed by atoms with Crippen LogP contribution in [0, 0.1) is 0 Å². The zero-order chi connectivity index (χ0) is 25.3. The van der Waals surface area contributed by atoms with E-state index in [1.807, 2.05) is 48.5 Å². The fourth-order valence-corrected chi connectivity index (χ4v) is 4.40. The van der Waals surface area contributed by atoms with E-state index < -0.39 is 22.1 Å². The van der Waals surface area contributed by atoms with Crippen molar-refractivity contribution in [3.8, 4) is 22.6 Å². The second-order valence-electron chi connectivity index (χ2n) is 9.29. The fraction of sp³-hybridized carbons (Fsp3) is 0.231. The lowest BCUT2D eigenvalue weighted by Crippen LogP contribution is -2.27. The van der Waals surface area contributed by atoms with Gasteiger partial charge in [-0.1, -0.05) is 45.0 Å². The van der Waals surface area contributed by atoms with Crippen LogP contribution in [0.2, 0.25) is 0 Å². The molecule has 0 bridgehead atoms. The molecule has 10 heteroatoms. The van der Waals surface area contributed by atoms with E-state index in [2.05, 4.69) is 30.5 Å². The Bertz CT molecular complexity index is 1610. The van der Waals surface area contributed by atoms with E-state index in [0.29, 0.717) is 11.4 Å². The Morgan fingerprint density at radius 2 is 1.67 bits per heavy atom. The van der Waals surface area contributed by atoms with Crippen molar-refractivity contribution in [3.63, 3.8) is 0 Å². The normalized spacial score (nSPS) is 11.5. The standard InChI is InChI=1S/C26H27N3O5S.H2O/c1-26(2,3)22-14-20(29-10-9-23(30)28-25(29)31)13-21(24(22)34-4)19-8-7-17-11-16(15-27-35(32)33)5-6-18(17)12-19;/h5-14,35H,15H2,1-4H3,(H,27,32,33)(H,28,30,31);1H2. The highest BCUT2D eigenvalue weighted by atomic mass is 32.2. The van der Waals surface area contributed by atoms with Gasteiger partial charge in [-0.15, -0.1) is 0 Å². The van der Waals surface area contributed by atoms with Crippen molar-refractivity contribution in [2.75, 3.05) is 7.11 Å². The number of nitrogens with zero attached hydrogens (tertiary/aromatic N) is 1. The van der Waals surface area contributed by atoms with Gasteiger partial charge >= 0.3 is 5.69 Å². The third kappa shape index (κ3) is 5.56. The number of hydrogen-bond donors (Lipinski definition) is 3. The van der Waals surface area contributed by atoms with Gasteiger partial charge in [0.2, 0.25) is 10.9 Å². The Balaban J connectivity index is 0.00000361. The molecule has 0 aliphatic rings. The number of H-pyrrole nitrogens is 1. The van der Waals surface area contributed by atoms with Gasteiger partial charge in [-0.3, -0.25) is 14.3 Å². The molecule has 0 spiro atoms. The van der Waals surface area contributed by atoms with Gasteiger partial charge in [0.15, 0.2) is 0 Å². The van der Waals surface area contributed by atoms with E-state index in [1.165, 1.54) is 16.8 Å². The third-order valence-electron chi connectivity index (χ3n) is 5.82. The molecule has 1 heterocycles. The van der Waals surface area contributed by atoms with Crippen molar-refractivity contribution in [1.82, 2.24) is 14.3 Å². The van der Waals surface area contributed by atoms with Crippen LogP contribution in [0.25, 0.3) is 27.6 Å². The summed E-state index contributed by atoms with van der Waals surface area (Å²) in [6.45, 7) is 6.44. The molecular weight excluding hydrogens is 482 g/mol. The van der Waals surface area contributed by atoms with E-state index in [-0.39, 0.29) is 17.4 Å². The molecule has 36 heavy (non-hydrogen) atoms. The average molecular weight is 512 g/mol.